The molecule has 0 bridgehead atoms. The summed E-state index contributed by atoms with van der Waals surface area (Å²) in [4.78, 5) is 27.0. The molecule has 0 fully saturated rings. The van der Waals surface area contributed by atoms with E-state index >= 15 is 0 Å². The minimum absolute atomic E-state index is 0.172. The van der Waals surface area contributed by atoms with E-state index in [-0.39, 0.29) is 18.1 Å². The number of fused-ring (bicyclic) bond motifs is 1. The van der Waals surface area contributed by atoms with Crippen molar-refractivity contribution in [3.8, 4) is 5.75 Å². The molecule has 3 aromatic rings. The number of nitrogens with one attached hydrogen (secondary N) is 1. The Morgan fingerprint density at radius 3 is 2.64 bits per heavy atom. The number of benzene rings is 1. The predicted octanol–water partition coefficient (Wildman–Crippen LogP) is 1.86. The van der Waals surface area contributed by atoms with Crippen molar-refractivity contribution in [3.05, 3.63) is 59.1 Å². The number of carbonyl (C=O) groups excluding carboxylic acids is 1. The van der Waals surface area contributed by atoms with Crippen LogP contribution in [0.4, 0.5) is 5.69 Å². The highest BCUT2D eigenvalue weighted by Crippen LogP contribution is 2.23. The van der Waals surface area contributed by atoms with Gasteiger partial charge in [0.2, 0.25) is 5.91 Å². The molecule has 3 rings (SSSR count). The Morgan fingerprint density at radius 2 is 1.89 bits per heavy atom. The molecule has 0 aliphatic heterocycles. The van der Waals surface area contributed by atoms with Gasteiger partial charge in [0, 0.05) is 12.7 Å². The summed E-state index contributed by atoms with van der Waals surface area (Å²) in [5, 5.41) is 6.98. The lowest BCUT2D eigenvalue weighted by atomic mass is 10.3. The molecular formula is C20H25N5O3. The molecule has 28 heavy (non-hydrogen) atoms. The Bertz CT molecular complexity index is 991. The molecule has 8 heteroatoms. The normalized spacial score (nSPS) is 11.1. The van der Waals surface area contributed by atoms with E-state index in [0.717, 1.165) is 24.3 Å². The number of amides is 1. The van der Waals surface area contributed by atoms with E-state index in [1.165, 1.54) is 4.40 Å². The van der Waals surface area contributed by atoms with Crippen molar-refractivity contribution < 1.29 is 9.53 Å². The first-order chi connectivity index (χ1) is 13.6. The number of nitrogens with zero attached hydrogens (tertiary/aromatic N) is 4. The standard InChI is InChI=1S/C20H25N5O3/c1-3-23(4-2)13-14-28-17-10-6-5-9-16(17)21-19(26)15-25-20(27)24-12-8-7-11-18(24)22-25/h5-12H,3-4,13-15H2,1-2H3,(H,21,26). The maximum atomic E-state index is 12.5. The van der Waals surface area contributed by atoms with Gasteiger partial charge in [-0.05, 0) is 37.4 Å². The number of para-hydroxylation sites is 2. The number of aromatic nitrogens is 3. The number of likely N-dealkylation sites (N-methyl/N-ethyl adjacent to an activating group) is 1. The molecule has 0 unspecified atom stereocenters. The molecule has 8 nitrogen and oxygen atoms in total. The number of pyridine rings is 1. The molecule has 0 radical (unpaired) electrons. The quantitative estimate of drug-likeness (QED) is 0.610. The van der Waals surface area contributed by atoms with Crippen LogP contribution in [0.15, 0.2) is 53.5 Å². The van der Waals surface area contributed by atoms with Crippen LogP contribution < -0.4 is 15.7 Å². The van der Waals surface area contributed by atoms with Crippen LogP contribution in [0.2, 0.25) is 0 Å². The minimum Gasteiger partial charge on any atom is -0.490 e. The Morgan fingerprint density at radius 1 is 1.14 bits per heavy atom. The fourth-order valence-corrected chi connectivity index (χ4v) is 2.92. The molecule has 0 saturated carbocycles. The van der Waals surface area contributed by atoms with Gasteiger partial charge in [-0.2, -0.15) is 0 Å². The van der Waals surface area contributed by atoms with Gasteiger partial charge in [0.25, 0.3) is 0 Å². The molecule has 0 aliphatic rings. The van der Waals surface area contributed by atoms with Crippen molar-refractivity contribution in [2.75, 3.05) is 31.6 Å². The average Bonchev–Trinajstić information content (AvgIpc) is 3.02. The van der Waals surface area contributed by atoms with Gasteiger partial charge in [0.1, 0.15) is 18.9 Å². The molecule has 2 aromatic heterocycles. The third-order valence-corrected chi connectivity index (χ3v) is 4.50. The van der Waals surface area contributed by atoms with Crippen LogP contribution in [0, 0.1) is 0 Å². The van der Waals surface area contributed by atoms with Crippen LogP contribution in [-0.2, 0) is 11.3 Å². The zero-order valence-electron chi connectivity index (χ0n) is 16.2. The van der Waals surface area contributed by atoms with E-state index < -0.39 is 0 Å². The van der Waals surface area contributed by atoms with Gasteiger partial charge in [-0.3, -0.25) is 9.20 Å². The van der Waals surface area contributed by atoms with Gasteiger partial charge in [-0.15, -0.1) is 5.10 Å². The molecule has 2 heterocycles. The fourth-order valence-electron chi connectivity index (χ4n) is 2.92. The molecule has 0 atom stereocenters. The maximum absolute atomic E-state index is 12.5. The second kappa shape index (κ2) is 9.18. The van der Waals surface area contributed by atoms with Gasteiger partial charge < -0.3 is 15.0 Å². The smallest absolute Gasteiger partial charge is 0.350 e. The largest absolute Gasteiger partial charge is 0.490 e. The van der Waals surface area contributed by atoms with Crippen molar-refractivity contribution in [3.63, 3.8) is 0 Å². The second-order valence-corrected chi connectivity index (χ2v) is 6.29. The van der Waals surface area contributed by atoms with Crippen LogP contribution in [-0.4, -0.2) is 51.2 Å². The van der Waals surface area contributed by atoms with E-state index in [2.05, 4.69) is 29.2 Å². The molecule has 1 amide bonds. The van der Waals surface area contributed by atoms with E-state index in [4.69, 9.17) is 4.74 Å². The third kappa shape index (κ3) is 4.58. The third-order valence-electron chi connectivity index (χ3n) is 4.50. The SMILES string of the molecule is CCN(CC)CCOc1ccccc1NC(=O)Cn1nc2ccccn2c1=O. The van der Waals surface area contributed by atoms with Gasteiger partial charge in [-0.1, -0.05) is 32.0 Å². The second-order valence-electron chi connectivity index (χ2n) is 6.29. The van der Waals surface area contributed by atoms with Crippen LogP contribution in [0.1, 0.15) is 13.8 Å². The number of ether oxygens (including phenoxy) is 1. The average molecular weight is 383 g/mol. The first-order valence-corrected chi connectivity index (χ1v) is 9.40. The number of hydrogen-bond acceptors (Lipinski definition) is 5. The zero-order chi connectivity index (χ0) is 19.9. The first-order valence-electron chi connectivity index (χ1n) is 9.40. The van der Waals surface area contributed by atoms with Crippen molar-refractivity contribution in [1.29, 1.82) is 0 Å². The fraction of sp³-hybridized carbons (Fsp3) is 0.350. The van der Waals surface area contributed by atoms with Crippen molar-refractivity contribution >= 4 is 17.2 Å². The van der Waals surface area contributed by atoms with Crippen LogP contribution in [0.3, 0.4) is 0 Å². The van der Waals surface area contributed by atoms with E-state index in [1.54, 1.807) is 30.5 Å². The van der Waals surface area contributed by atoms with E-state index in [9.17, 15) is 9.59 Å². The lowest BCUT2D eigenvalue weighted by Gasteiger charge is -2.19. The maximum Gasteiger partial charge on any atom is 0.350 e. The van der Waals surface area contributed by atoms with Crippen LogP contribution in [0.25, 0.3) is 5.65 Å². The Kier molecular flexibility index (Phi) is 6.44. The Labute approximate surface area is 163 Å². The molecule has 0 saturated heterocycles. The van der Waals surface area contributed by atoms with Gasteiger partial charge in [-0.25, -0.2) is 9.48 Å². The van der Waals surface area contributed by atoms with Crippen LogP contribution in [0.5, 0.6) is 5.75 Å². The summed E-state index contributed by atoms with van der Waals surface area (Å²) in [5.41, 5.74) is 0.721. The van der Waals surface area contributed by atoms with Gasteiger partial charge >= 0.3 is 5.69 Å². The molecule has 0 spiro atoms. The highest BCUT2D eigenvalue weighted by Gasteiger charge is 2.12. The predicted molar refractivity (Wildman–Crippen MR) is 108 cm³/mol. The van der Waals surface area contributed by atoms with Crippen molar-refractivity contribution in [1.82, 2.24) is 19.1 Å². The summed E-state index contributed by atoms with van der Waals surface area (Å²) in [5.74, 6) is 0.260. The van der Waals surface area contributed by atoms with Crippen molar-refractivity contribution in [2.45, 2.75) is 20.4 Å². The lowest BCUT2D eigenvalue weighted by Crippen LogP contribution is -2.29. The van der Waals surface area contributed by atoms with Gasteiger partial charge in [0.05, 0.1) is 5.69 Å². The number of hydrogen-bond donors (Lipinski definition) is 1. The lowest BCUT2D eigenvalue weighted by molar-refractivity contribution is -0.117. The first kappa shape index (κ1) is 19.6. The highest BCUT2D eigenvalue weighted by molar-refractivity contribution is 5.92. The van der Waals surface area contributed by atoms with E-state index in [0.29, 0.717) is 23.7 Å². The summed E-state index contributed by atoms with van der Waals surface area (Å²) >= 11 is 0. The summed E-state index contributed by atoms with van der Waals surface area (Å²) in [7, 11) is 0. The summed E-state index contributed by atoms with van der Waals surface area (Å²) in [6.45, 7) is 7.32. The number of rotatable bonds is 9. The summed E-state index contributed by atoms with van der Waals surface area (Å²) in [6, 6.07) is 12.5. The molecular weight excluding hydrogens is 358 g/mol. The topological polar surface area (TPSA) is 80.9 Å². The summed E-state index contributed by atoms with van der Waals surface area (Å²) < 4.78 is 8.40. The Balaban J connectivity index is 1.65. The van der Waals surface area contributed by atoms with E-state index in [1.807, 2.05) is 18.2 Å². The highest BCUT2D eigenvalue weighted by atomic mass is 16.5. The molecule has 148 valence electrons. The Hall–Kier alpha value is -3.13. The van der Waals surface area contributed by atoms with Crippen molar-refractivity contribution in [2.24, 2.45) is 0 Å². The molecule has 0 aliphatic carbocycles. The number of anilines is 1. The molecule has 1 N–H and O–H groups in total. The monoisotopic (exact) mass is 383 g/mol. The minimum atomic E-state index is -0.352. The number of carbonyl (C=O) groups is 1. The zero-order valence-corrected chi connectivity index (χ0v) is 16.2. The summed E-state index contributed by atoms with van der Waals surface area (Å²) in [6.07, 6.45) is 1.62. The molecule has 1 aromatic carbocycles. The van der Waals surface area contributed by atoms with Crippen LogP contribution >= 0.6 is 0 Å². The van der Waals surface area contributed by atoms with Gasteiger partial charge in [0.15, 0.2) is 5.65 Å².